The van der Waals surface area contributed by atoms with E-state index in [4.69, 9.17) is 5.11 Å². The minimum Gasteiger partial charge on any atom is -0.478 e. The van der Waals surface area contributed by atoms with Crippen LogP contribution in [0.3, 0.4) is 0 Å². The summed E-state index contributed by atoms with van der Waals surface area (Å²) in [6, 6.07) is 1.19. The van der Waals surface area contributed by atoms with Gasteiger partial charge in [-0.25, -0.2) is 17.9 Å². The van der Waals surface area contributed by atoms with Crippen LogP contribution in [-0.2, 0) is 10.0 Å². The third-order valence-corrected chi connectivity index (χ3v) is 7.40. The van der Waals surface area contributed by atoms with E-state index in [2.05, 4.69) is 4.72 Å². The maximum Gasteiger partial charge on any atom is 0.336 e. The van der Waals surface area contributed by atoms with Crippen LogP contribution in [0.4, 0.5) is 0 Å². The predicted molar refractivity (Wildman–Crippen MR) is 76.6 cm³/mol. The van der Waals surface area contributed by atoms with Crippen LogP contribution in [0.15, 0.2) is 15.7 Å². The van der Waals surface area contributed by atoms with Gasteiger partial charge in [0.15, 0.2) is 0 Å². The molecule has 1 aliphatic heterocycles. The smallest absolute Gasteiger partial charge is 0.336 e. The number of hydrogen-bond donors (Lipinski definition) is 2. The van der Waals surface area contributed by atoms with Gasteiger partial charge in [-0.15, -0.1) is 11.3 Å². The Bertz CT molecular complexity index is 573. The molecule has 0 aliphatic carbocycles. The first-order chi connectivity index (χ1) is 8.82. The van der Waals surface area contributed by atoms with Gasteiger partial charge in [0.05, 0.1) is 5.56 Å². The zero-order chi connectivity index (χ0) is 14.1. The molecule has 1 fully saturated rings. The van der Waals surface area contributed by atoms with E-state index >= 15 is 0 Å². The lowest BCUT2D eigenvalue weighted by molar-refractivity contribution is 0.0697. The summed E-state index contributed by atoms with van der Waals surface area (Å²) < 4.78 is 26.7. The van der Waals surface area contributed by atoms with Crippen molar-refractivity contribution in [2.24, 2.45) is 0 Å². The summed E-state index contributed by atoms with van der Waals surface area (Å²) >= 11 is 2.70. The number of carboxylic acids is 1. The molecule has 1 aromatic rings. The number of aromatic carboxylic acids is 1. The molecule has 0 saturated carbocycles. The lowest BCUT2D eigenvalue weighted by Crippen LogP contribution is -2.36. The lowest BCUT2D eigenvalue weighted by atomic mass is 10.1. The van der Waals surface area contributed by atoms with E-state index in [1.165, 1.54) is 11.4 Å². The quantitative estimate of drug-likeness (QED) is 0.867. The summed E-state index contributed by atoms with van der Waals surface area (Å²) in [5.74, 6) is -0.0589. The number of nitrogens with one attached hydrogen (secondary N) is 1. The Balaban J connectivity index is 2.07. The normalized spacial score (nSPS) is 23.6. The number of thioether (sulfide) groups is 1. The molecule has 19 heavy (non-hydrogen) atoms. The second-order valence-electron chi connectivity index (χ2n) is 4.69. The van der Waals surface area contributed by atoms with Crippen molar-refractivity contribution in [3.8, 4) is 0 Å². The van der Waals surface area contributed by atoms with Gasteiger partial charge in [0, 0.05) is 16.7 Å². The first kappa shape index (κ1) is 14.8. The fourth-order valence-electron chi connectivity index (χ4n) is 1.86. The van der Waals surface area contributed by atoms with Gasteiger partial charge in [-0.1, -0.05) is 0 Å². The van der Waals surface area contributed by atoms with Crippen LogP contribution in [-0.4, -0.2) is 36.5 Å². The van der Waals surface area contributed by atoms with Crippen LogP contribution < -0.4 is 4.72 Å². The summed E-state index contributed by atoms with van der Waals surface area (Å²) in [5, 5.41) is 10.1. The van der Waals surface area contributed by atoms with Crippen LogP contribution in [0.5, 0.6) is 0 Å². The Morgan fingerprint density at radius 1 is 1.58 bits per heavy atom. The Hall–Kier alpha value is -0.570. The zero-order valence-electron chi connectivity index (χ0n) is 10.4. The maximum absolute atomic E-state index is 12.1. The van der Waals surface area contributed by atoms with Crippen molar-refractivity contribution in [1.29, 1.82) is 0 Å². The zero-order valence-corrected chi connectivity index (χ0v) is 12.8. The molecule has 1 unspecified atom stereocenters. The van der Waals surface area contributed by atoms with E-state index in [0.29, 0.717) is 6.54 Å². The molecule has 2 heterocycles. The molecule has 1 aliphatic rings. The molecule has 0 spiro atoms. The Kier molecular flexibility index (Phi) is 4.24. The fourth-order valence-corrected chi connectivity index (χ4v) is 5.57. The molecule has 0 radical (unpaired) electrons. The van der Waals surface area contributed by atoms with Gasteiger partial charge in [-0.2, -0.15) is 11.8 Å². The van der Waals surface area contributed by atoms with Crippen LogP contribution >= 0.6 is 23.1 Å². The maximum atomic E-state index is 12.1. The van der Waals surface area contributed by atoms with Gasteiger partial charge in [0.2, 0.25) is 10.0 Å². The van der Waals surface area contributed by atoms with Gasteiger partial charge < -0.3 is 5.11 Å². The Morgan fingerprint density at radius 2 is 2.32 bits per heavy atom. The fraction of sp³-hybridized carbons (Fsp3) is 0.545. The molecule has 0 bridgehead atoms. The average Bonchev–Trinajstić information content (AvgIpc) is 2.96. The summed E-state index contributed by atoms with van der Waals surface area (Å²) in [4.78, 5) is 10.7. The highest BCUT2D eigenvalue weighted by Gasteiger charge is 2.31. The Morgan fingerprint density at radius 3 is 2.84 bits per heavy atom. The van der Waals surface area contributed by atoms with E-state index < -0.39 is 16.0 Å². The topological polar surface area (TPSA) is 83.5 Å². The van der Waals surface area contributed by atoms with E-state index in [-0.39, 0.29) is 14.5 Å². The van der Waals surface area contributed by atoms with Crippen molar-refractivity contribution >= 4 is 39.1 Å². The molecule has 1 aromatic heterocycles. The first-order valence-corrected chi connectivity index (χ1v) is 9.13. The van der Waals surface area contributed by atoms with E-state index in [1.807, 2.05) is 6.92 Å². The second kappa shape index (κ2) is 5.43. The SMILES string of the molecule is CC1(CNS(=O)(=O)c2cc(C(=O)O)cs2)CCCS1. The highest BCUT2D eigenvalue weighted by molar-refractivity contribution is 8.01. The molecule has 2 rings (SSSR count). The third kappa shape index (κ3) is 3.50. The van der Waals surface area contributed by atoms with Crippen molar-refractivity contribution in [3.05, 3.63) is 17.0 Å². The molecule has 0 amide bonds. The molecular formula is C11H15NO4S3. The number of thiophene rings is 1. The van der Waals surface area contributed by atoms with Crippen LogP contribution in [0.2, 0.25) is 0 Å². The van der Waals surface area contributed by atoms with Crippen molar-refractivity contribution in [2.75, 3.05) is 12.3 Å². The summed E-state index contributed by atoms with van der Waals surface area (Å²) in [6.07, 6.45) is 2.09. The first-order valence-electron chi connectivity index (χ1n) is 5.78. The molecule has 2 N–H and O–H groups in total. The van der Waals surface area contributed by atoms with E-state index in [9.17, 15) is 13.2 Å². The second-order valence-corrected chi connectivity index (χ2v) is 9.27. The summed E-state index contributed by atoms with van der Waals surface area (Å²) in [5.41, 5.74) is 0.00632. The van der Waals surface area contributed by atoms with Gasteiger partial charge in [-0.05, 0) is 31.6 Å². The summed E-state index contributed by atoms with van der Waals surface area (Å²) in [6.45, 7) is 2.42. The molecule has 8 heteroatoms. The van der Waals surface area contributed by atoms with Crippen LogP contribution in [0, 0.1) is 0 Å². The minimum atomic E-state index is -3.61. The van der Waals surface area contributed by atoms with Gasteiger partial charge in [0.25, 0.3) is 0 Å². The minimum absolute atomic E-state index is 0.00632. The number of rotatable bonds is 5. The molecule has 0 aromatic carbocycles. The van der Waals surface area contributed by atoms with Crippen molar-refractivity contribution in [2.45, 2.75) is 28.7 Å². The predicted octanol–water partition coefficient (Wildman–Crippen LogP) is 2.01. The van der Waals surface area contributed by atoms with Crippen LogP contribution in [0.25, 0.3) is 0 Å². The Labute approximate surface area is 120 Å². The summed E-state index contributed by atoms with van der Waals surface area (Å²) in [7, 11) is -3.61. The lowest BCUT2D eigenvalue weighted by Gasteiger charge is -2.22. The van der Waals surface area contributed by atoms with Crippen molar-refractivity contribution < 1.29 is 18.3 Å². The molecule has 1 atom stereocenters. The third-order valence-electron chi connectivity index (χ3n) is 3.02. The van der Waals surface area contributed by atoms with Gasteiger partial charge >= 0.3 is 5.97 Å². The monoisotopic (exact) mass is 321 g/mol. The van der Waals surface area contributed by atoms with E-state index in [0.717, 1.165) is 29.9 Å². The van der Waals surface area contributed by atoms with Gasteiger partial charge in [0.1, 0.15) is 4.21 Å². The van der Waals surface area contributed by atoms with Crippen LogP contribution in [0.1, 0.15) is 30.1 Å². The number of sulfonamides is 1. The highest BCUT2D eigenvalue weighted by Crippen LogP contribution is 2.37. The van der Waals surface area contributed by atoms with Crippen molar-refractivity contribution in [1.82, 2.24) is 4.72 Å². The number of carbonyl (C=O) groups is 1. The van der Waals surface area contributed by atoms with Crippen molar-refractivity contribution in [3.63, 3.8) is 0 Å². The highest BCUT2D eigenvalue weighted by atomic mass is 32.2. The largest absolute Gasteiger partial charge is 0.478 e. The molecule has 106 valence electrons. The number of hydrogen-bond acceptors (Lipinski definition) is 5. The average molecular weight is 321 g/mol. The van der Waals surface area contributed by atoms with Gasteiger partial charge in [-0.3, -0.25) is 0 Å². The molecule has 5 nitrogen and oxygen atoms in total. The number of carboxylic acid groups (broad SMARTS) is 1. The molecular weight excluding hydrogens is 306 g/mol. The molecule has 1 saturated heterocycles. The van der Waals surface area contributed by atoms with E-state index in [1.54, 1.807) is 11.8 Å². The standard InChI is InChI=1S/C11H15NO4S3/c1-11(3-2-4-18-11)7-12-19(15,16)9-5-8(6-17-9)10(13)14/h5-6,12H,2-4,7H2,1H3,(H,13,14).